The Balaban J connectivity index is 2.73. The molecule has 3 heteroatoms. The van der Waals surface area contributed by atoms with E-state index in [1.54, 1.807) is 0 Å². The van der Waals surface area contributed by atoms with Gasteiger partial charge in [0.15, 0.2) is 0 Å². The number of unbranched alkanes of at least 4 members (excludes halogenated alkanes) is 3. The Hall–Kier alpha value is -0.860. The molecule has 110 valence electrons. The quantitative estimate of drug-likeness (QED) is 0.652. The van der Waals surface area contributed by atoms with E-state index >= 15 is 0 Å². The molecule has 0 amide bonds. The molecule has 0 aromatic carbocycles. The monoisotopic (exact) mass is 265 g/mol. The van der Waals surface area contributed by atoms with E-state index in [9.17, 15) is 0 Å². The van der Waals surface area contributed by atoms with Crippen molar-refractivity contribution in [1.29, 1.82) is 0 Å². The van der Waals surface area contributed by atoms with Crippen molar-refractivity contribution < 1.29 is 0 Å². The Bertz CT molecular complexity index is 361. The van der Waals surface area contributed by atoms with Gasteiger partial charge in [-0.15, -0.1) is 5.10 Å². The maximum atomic E-state index is 4.40. The van der Waals surface area contributed by atoms with Crippen LogP contribution in [0.5, 0.6) is 0 Å². The van der Waals surface area contributed by atoms with Crippen LogP contribution in [0, 0.1) is 5.41 Å². The molecule has 0 N–H and O–H groups in total. The van der Waals surface area contributed by atoms with Crippen LogP contribution in [-0.4, -0.2) is 15.0 Å². The van der Waals surface area contributed by atoms with Crippen LogP contribution in [0.25, 0.3) is 0 Å². The third-order valence-electron chi connectivity index (χ3n) is 3.33. The summed E-state index contributed by atoms with van der Waals surface area (Å²) in [5.41, 5.74) is 2.88. The summed E-state index contributed by atoms with van der Waals surface area (Å²) in [7, 11) is 0. The van der Waals surface area contributed by atoms with Gasteiger partial charge in [0.25, 0.3) is 0 Å². The van der Waals surface area contributed by atoms with E-state index in [0.717, 1.165) is 25.8 Å². The van der Waals surface area contributed by atoms with Crippen molar-refractivity contribution in [3.05, 3.63) is 11.4 Å². The number of aryl methyl sites for hydroxylation is 2. The highest BCUT2D eigenvalue weighted by Gasteiger charge is 2.19. The van der Waals surface area contributed by atoms with E-state index in [-0.39, 0.29) is 0 Å². The lowest BCUT2D eigenvalue weighted by atomic mass is 9.89. The molecule has 0 fully saturated rings. The fourth-order valence-corrected chi connectivity index (χ4v) is 2.36. The molecule has 1 heterocycles. The van der Waals surface area contributed by atoms with Gasteiger partial charge in [-0.2, -0.15) is 0 Å². The minimum atomic E-state index is 0.297. The van der Waals surface area contributed by atoms with Gasteiger partial charge in [-0.3, -0.25) is 0 Å². The highest BCUT2D eigenvalue weighted by molar-refractivity contribution is 5.12. The molecule has 19 heavy (non-hydrogen) atoms. The number of hydrogen-bond donors (Lipinski definition) is 0. The number of rotatable bonds is 8. The van der Waals surface area contributed by atoms with Gasteiger partial charge >= 0.3 is 0 Å². The standard InChI is InChI=1S/C16H31N3/c1-6-8-9-10-12-19-15(13-16(3,4)5)14(11-7-2)17-18-19/h6-13H2,1-5H3. The van der Waals surface area contributed by atoms with Crippen LogP contribution >= 0.6 is 0 Å². The predicted octanol–water partition coefficient (Wildman–Crippen LogP) is 4.40. The molecule has 0 saturated carbocycles. The molecule has 3 nitrogen and oxygen atoms in total. The van der Waals surface area contributed by atoms with Crippen molar-refractivity contribution >= 4 is 0 Å². The first kappa shape index (κ1) is 16.2. The molecular weight excluding hydrogens is 234 g/mol. The lowest BCUT2D eigenvalue weighted by molar-refractivity contribution is 0.387. The van der Waals surface area contributed by atoms with Crippen LogP contribution in [0.2, 0.25) is 0 Å². The predicted molar refractivity (Wildman–Crippen MR) is 81.3 cm³/mol. The molecule has 1 aromatic rings. The molecular formula is C16H31N3. The molecule has 1 rings (SSSR count). The summed E-state index contributed by atoms with van der Waals surface area (Å²) in [5, 5.41) is 8.79. The van der Waals surface area contributed by atoms with Gasteiger partial charge in [0.1, 0.15) is 0 Å². The van der Waals surface area contributed by atoms with Gasteiger partial charge in [-0.25, -0.2) is 4.68 Å². The summed E-state index contributed by atoms with van der Waals surface area (Å²) >= 11 is 0. The normalized spacial score (nSPS) is 12.1. The Kier molecular flexibility index (Phi) is 6.53. The topological polar surface area (TPSA) is 30.7 Å². The first-order chi connectivity index (χ1) is 8.98. The van der Waals surface area contributed by atoms with Crippen molar-refractivity contribution in [1.82, 2.24) is 15.0 Å². The van der Waals surface area contributed by atoms with E-state index in [2.05, 4.69) is 49.6 Å². The second-order valence-corrected chi connectivity index (χ2v) is 6.75. The van der Waals surface area contributed by atoms with E-state index in [4.69, 9.17) is 0 Å². The molecule has 0 unspecified atom stereocenters. The van der Waals surface area contributed by atoms with Crippen molar-refractivity contribution in [2.24, 2.45) is 5.41 Å². The zero-order valence-electron chi connectivity index (χ0n) is 13.5. The number of hydrogen-bond acceptors (Lipinski definition) is 2. The van der Waals surface area contributed by atoms with Crippen LogP contribution < -0.4 is 0 Å². The molecule has 0 atom stereocenters. The lowest BCUT2D eigenvalue weighted by Gasteiger charge is -2.19. The molecule has 1 aromatic heterocycles. The Morgan fingerprint density at radius 1 is 1.00 bits per heavy atom. The van der Waals surface area contributed by atoms with Gasteiger partial charge in [0.2, 0.25) is 0 Å². The average molecular weight is 265 g/mol. The molecule has 0 saturated heterocycles. The zero-order chi connectivity index (χ0) is 14.3. The molecule has 0 radical (unpaired) electrons. The Morgan fingerprint density at radius 2 is 1.74 bits per heavy atom. The van der Waals surface area contributed by atoms with Crippen molar-refractivity contribution in [2.45, 2.75) is 86.1 Å². The largest absolute Gasteiger partial charge is 0.249 e. The van der Waals surface area contributed by atoms with E-state index in [0.29, 0.717) is 5.41 Å². The Labute approximate surface area is 118 Å². The van der Waals surface area contributed by atoms with Gasteiger partial charge in [0.05, 0.1) is 11.4 Å². The van der Waals surface area contributed by atoms with E-state index in [1.165, 1.54) is 37.1 Å². The van der Waals surface area contributed by atoms with Gasteiger partial charge < -0.3 is 0 Å². The van der Waals surface area contributed by atoms with Crippen molar-refractivity contribution in [2.75, 3.05) is 0 Å². The second-order valence-electron chi connectivity index (χ2n) is 6.75. The molecule has 0 spiro atoms. The number of aromatic nitrogens is 3. The summed E-state index contributed by atoms with van der Waals surface area (Å²) in [4.78, 5) is 0. The smallest absolute Gasteiger partial charge is 0.0859 e. The van der Waals surface area contributed by atoms with Gasteiger partial charge in [-0.1, -0.05) is 65.5 Å². The molecule has 0 bridgehead atoms. The fraction of sp³-hybridized carbons (Fsp3) is 0.875. The van der Waals surface area contributed by atoms with Crippen LogP contribution in [0.1, 0.15) is 78.1 Å². The first-order valence-electron chi connectivity index (χ1n) is 7.89. The maximum Gasteiger partial charge on any atom is 0.0859 e. The maximum absolute atomic E-state index is 4.40. The highest BCUT2D eigenvalue weighted by atomic mass is 15.4. The Morgan fingerprint density at radius 3 is 2.32 bits per heavy atom. The zero-order valence-corrected chi connectivity index (χ0v) is 13.5. The molecule has 0 aliphatic rings. The van der Waals surface area contributed by atoms with Crippen LogP contribution in [-0.2, 0) is 19.4 Å². The van der Waals surface area contributed by atoms with Gasteiger partial charge in [0, 0.05) is 6.54 Å². The fourth-order valence-electron chi connectivity index (χ4n) is 2.36. The third-order valence-corrected chi connectivity index (χ3v) is 3.33. The van der Waals surface area contributed by atoms with Crippen LogP contribution in [0.15, 0.2) is 0 Å². The minimum Gasteiger partial charge on any atom is -0.249 e. The second kappa shape index (κ2) is 7.66. The molecule has 0 aliphatic heterocycles. The minimum absolute atomic E-state index is 0.297. The van der Waals surface area contributed by atoms with Gasteiger partial charge in [-0.05, 0) is 24.7 Å². The van der Waals surface area contributed by atoms with Crippen LogP contribution in [0.3, 0.4) is 0 Å². The summed E-state index contributed by atoms with van der Waals surface area (Å²) in [6.07, 6.45) is 8.40. The third kappa shape index (κ3) is 5.75. The lowest BCUT2D eigenvalue weighted by Crippen LogP contribution is -2.16. The summed E-state index contributed by atoms with van der Waals surface area (Å²) in [6.45, 7) is 12.4. The van der Waals surface area contributed by atoms with Crippen LogP contribution in [0.4, 0.5) is 0 Å². The SMILES string of the molecule is CCCCCCn1nnc(CCC)c1CC(C)(C)C. The first-order valence-corrected chi connectivity index (χ1v) is 7.89. The summed E-state index contributed by atoms with van der Waals surface area (Å²) < 4.78 is 2.16. The number of nitrogens with zero attached hydrogens (tertiary/aromatic N) is 3. The van der Waals surface area contributed by atoms with E-state index < -0.39 is 0 Å². The van der Waals surface area contributed by atoms with Crippen molar-refractivity contribution in [3.63, 3.8) is 0 Å². The van der Waals surface area contributed by atoms with E-state index in [1.807, 2.05) is 0 Å². The van der Waals surface area contributed by atoms with Crippen molar-refractivity contribution in [3.8, 4) is 0 Å². The highest BCUT2D eigenvalue weighted by Crippen LogP contribution is 2.23. The average Bonchev–Trinajstić information content (AvgIpc) is 2.67. The summed E-state index contributed by atoms with van der Waals surface area (Å²) in [6, 6.07) is 0. The summed E-state index contributed by atoms with van der Waals surface area (Å²) in [5.74, 6) is 0. The molecule has 0 aliphatic carbocycles.